The van der Waals surface area contributed by atoms with E-state index in [0.717, 1.165) is 12.7 Å². The van der Waals surface area contributed by atoms with Crippen LogP contribution in [-0.4, -0.2) is 17.3 Å². The third kappa shape index (κ3) is 1.51. The Kier molecular flexibility index (Phi) is 3.00. The molecule has 0 N–H and O–H groups in total. The first kappa shape index (κ1) is 14.0. The summed E-state index contributed by atoms with van der Waals surface area (Å²) in [5.74, 6) is 7.97. The van der Waals surface area contributed by atoms with Crippen molar-refractivity contribution in [3.63, 3.8) is 0 Å². The largest absolute Gasteiger partial charge is 0.301 e. The Morgan fingerprint density at radius 3 is 2.70 bits per heavy atom. The molecule has 3 aliphatic carbocycles. The molecule has 3 aliphatic rings. The van der Waals surface area contributed by atoms with E-state index in [0.29, 0.717) is 11.8 Å². The van der Waals surface area contributed by atoms with Crippen molar-refractivity contribution >= 4 is 18.0 Å². The molecule has 0 aliphatic heterocycles. The first-order chi connectivity index (χ1) is 9.44. The molecule has 0 aromatic heterocycles. The number of aldehydes is 1. The van der Waals surface area contributed by atoms with Gasteiger partial charge in [0.2, 0.25) is 0 Å². The average Bonchev–Trinajstić information content (AvgIpc) is 2.95. The molecular weight excluding hydrogens is 264 g/mol. The second kappa shape index (κ2) is 4.28. The monoisotopic (exact) mass is 286 g/mol. The normalized spacial score (nSPS) is 47.1. The Bertz CT molecular complexity index is 562. The molecule has 0 amide bonds. The van der Waals surface area contributed by atoms with E-state index in [1.54, 1.807) is 11.8 Å². The van der Waals surface area contributed by atoms with Gasteiger partial charge in [-0.2, -0.15) is 0 Å². The quantitative estimate of drug-likeness (QED) is 0.581. The van der Waals surface area contributed by atoms with E-state index in [1.165, 1.54) is 0 Å². The van der Waals surface area contributed by atoms with Crippen LogP contribution in [0.1, 0.15) is 27.2 Å². The molecule has 1 saturated carbocycles. The number of hydrogen-bond acceptors (Lipinski definition) is 2. The van der Waals surface area contributed by atoms with Crippen molar-refractivity contribution < 1.29 is 4.79 Å². The van der Waals surface area contributed by atoms with Gasteiger partial charge in [-0.05, 0) is 18.1 Å². The van der Waals surface area contributed by atoms with Gasteiger partial charge in [0.15, 0.2) is 0 Å². The van der Waals surface area contributed by atoms with E-state index in [4.69, 9.17) is 0 Å². The lowest BCUT2D eigenvalue weighted by molar-refractivity contribution is -0.110. The number of thioether (sulfide) groups is 1. The average molecular weight is 286 g/mol. The van der Waals surface area contributed by atoms with E-state index in [9.17, 15) is 4.79 Å². The van der Waals surface area contributed by atoms with E-state index >= 15 is 0 Å². The van der Waals surface area contributed by atoms with Gasteiger partial charge in [-0.3, -0.25) is 0 Å². The molecule has 5 atom stereocenters. The van der Waals surface area contributed by atoms with E-state index in [2.05, 4.69) is 50.8 Å². The lowest BCUT2D eigenvalue weighted by Crippen LogP contribution is -2.43. The summed E-state index contributed by atoms with van der Waals surface area (Å²) in [7, 11) is 0. The van der Waals surface area contributed by atoms with Crippen LogP contribution in [0.4, 0.5) is 0 Å². The highest BCUT2D eigenvalue weighted by Crippen LogP contribution is 2.78. The van der Waals surface area contributed by atoms with Crippen LogP contribution >= 0.6 is 11.8 Å². The molecule has 0 radical (unpaired) electrons. The van der Waals surface area contributed by atoms with Crippen LogP contribution in [0.3, 0.4) is 0 Å². The van der Waals surface area contributed by atoms with Crippen LogP contribution in [0.2, 0.25) is 0 Å². The molecular formula is C18H22OS. The zero-order valence-corrected chi connectivity index (χ0v) is 13.5. The summed E-state index contributed by atoms with van der Waals surface area (Å²) in [6, 6.07) is 0. The molecule has 106 valence electrons. The Morgan fingerprint density at radius 2 is 2.05 bits per heavy atom. The maximum atomic E-state index is 11.9. The maximum absolute atomic E-state index is 11.9. The third-order valence-corrected chi connectivity index (χ3v) is 7.01. The molecule has 0 aromatic carbocycles. The summed E-state index contributed by atoms with van der Waals surface area (Å²) in [5, 5.41) is 0. The number of rotatable bonds is 3. The molecule has 0 saturated heterocycles. The molecule has 3 rings (SSSR count). The van der Waals surface area contributed by atoms with Gasteiger partial charge in [0.25, 0.3) is 0 Å². The number of allylic oxidation sites excluding steroid dienone is 3. The molecule has 0 spiro atoms. The fraction of sp³-hybridized carbons (Fsp3) is 0.611. The number of carbonyl (C=O) groups excluding carboxylic acids is 1. The van der Waals surface area contributed by atoms with Crippen molar-refractivity contribution in [3.05, 3.63) is 24.3 Å². The highest BCUT2D eigenvalue weighted by molar-refractivity contribution is 8.00. The van der Waals surface area contributed by atoms with E-state index in [-0.39, 0.29) is 16.7 Å². The van der Waals surface area contributed by atoms with E-state index < -0.39 is 4.75 Å². The van der Waals surface area contributed by atoms with Gasteiger partial charge < -0.3 is 4.79 Å². The van der Waals surface area contributed by atoms with Gasteiger partial charge in [0, 0.05) is 23.2 Å². The van der Waals surface area contributed by atoms with Gasteiger partial charge in [0.05, 0.1) is 4.75 Å². The topological polar surface area (TPSA) is 17.1 Å². The summed E-state index contributed by atoms with van der Waals surface area (Å²) in [4.78, 5) is 11.9. The second-order valence-electron chi connectivity index (χ2n) is 6.99. The second-order valence-corrected chi connectivity index (χ2v) is 8.10. The summed E-state index contributed by atoms with van der Waals surface area (Å²) >= 11 is 1.67. The predicted molar refractivity (Wildman–Crippen MR) is 85.3 cm³/mol. The maximum Gasteiger partial charge on any atom is 0.140 e. The van der Waals surface area contributed by atoms with Crippen LogP contribution in [0.25, 0.3) is 0 Å². The summed E-state index contributed by atoms with van der Waals surface area (Å²) in [6.07, 6.45) is 12.8. The molecule has 5 unspecified atom stereocenters. The van der Waals surface area contributed by atoms with Crippen molar-refractivity contribution in [1.29, 1.82) is 0 Å². The minimum atomic E-state index is -0.417. The van der Waals surface area contributed by atoms with Crippen molar-refractivity contribution in [2.24, 2.45) is 28.6 Å². The van der Waals surface area contributed by atoms with Gasteiger partial charge in [-0.25, -0.2) is 0 Å². The lowest BCUT2D eigenvalue weighted by atomic mass is 9.68. The fourth-order valence-electron chi connectivity index (χ4n) is 4.63. The molecule has 1 fully saturated rings. The molecule has 0 bridgehead atoms. The zero-order valence-electron chi connectivity index (χ0n) is 12.6. The van der Waals surface area contributed by atoms with E-state index in [1.807, 2.05) is 12.3 Å². The van der Waals surface area contributed by atoms with Crippen LogP contribution in [0, 0.1) is 40.4 Å². The van der Waals surface area contributed by atoms with Crippen molar-refractivity contribution in [1.82, 2.24) is 0 Å². The molecule has 2 heteroatoms. The van der Waals surface area contributed by atoms with Crippen LogP contribution in [0.15, 0.2) is 24.3 Å². The fourth-order valence-corrected chi connectivity index (χ4v) is 5.49. The Labute approximate surface area is 126 Å². The van der Waals surface area contributed by atoms with Crippen LogP contribution < -0.4 is 0 Å². The van der Waals surface area contributed by atoms with Crippen molar-refractivity contribution in [2.45, 2.75) is 31.9 Å². The van der Waals surface area contributed by atoms with Crippen LogP contribution in [-0.2, 0) is 4.79 Å². The third-order valence-electron chi connectivity index (χ3n) is 5.82. The SMILES string of the molecule is CSC1(C=O)C=CC=CC1C12CC(C)C#CC1C2(C)C. The minimum Gasteiger partial charge on any atom is -0.301 e. The number of hydrogen-bond donors (Lipinski definition) is 0. The summed E-state index contributed by atoms with van der Waals surface area (Å²) in [6.45, 7) is 6.86. The van der Waals surface area contributed by atoms with Crippen molar-refractivity contribution in [2.75, 3.05) is 6.26 Å². The van der Waals surface area contributed by atoms with Gasteiger partial charge >= 0.3 is 0 Å². The van der Waals surface area contributed by atoms with Gasteiger partial charge in [0.1, 0.15) is 6.29 Å². The first-order valence-electron chi connectivity index (χ1n) is 7.33. The smallest absolute Gasteiger partial charge is 0.140 e. The van der Waals surface area contributed by atoms with Crippen molar-refractivity contribution in [3.8, 4) is 11.8 Å². The first-order valence-corrected chi connectivity index (χ1v) is 8.55. The number of carbonyl (C=O) groups is 1. The zero-order chi connectivity index (χ0) is 14.6. The highest BCUT2D eigenvalue weighted by Gasteiger charge is 2.76. The van der Waals surface area contributed by atoms with Crippen LogP contribution in [0.5, 0.6) is 0 Å². The Balaban J connectivity index is 2.08. The summed E-state index contributed by atoms with van der Waals surface area (Å²) < 4.78 is -0.417. The summed E-state index contributed by atoms with van der Waals surface area (Å²) in [5.41, 5.74) is 0.359. The van der Waals surface area contributed by atoms with Gasteiger partial charge in [-0.1, -0.05) is 56.9 Å². The molecule has 0 heterocycles. The standard InChI is InChI=1S/C18H22OS/c1-13-8-9-14-16(2,3)18(14,11-13)15-7-5-6-10-17(15,12-19)20-4/h5-7,10,12-15H,11H2,1-4H3. The highest BCUT2D eigenvalue weighted by atomic mass is 32.2. The predicted octanol–water partition coefficient (Wildman–Crippen LogP) is 3.71. The lowest BCUT2D eigenvalue weighted by Gasteiger charge is -2.41. The van der Waals surface area contributed by atoms with Gasteiger partial charge in [-0.15, -0.1) is 11.8 Å². The molecule has 20 heavy (non-hydrogen) atoms. The Morgan fingerprint density at radius 1 is 1.30 bits per heavy atom. The minimum absolute atomic E-state index is 0.156. The number of fused-ring (bicyclic) bond motifs is 1. The molecule has 0 aromatic rings. The molecule has 1 nitrogen and oxygen atoms in total. The Hall–Kier alpha value is -0.940.